The van der Waals surface area contributed by atoms with Crippen LogP contribution in [0.25, 0.3) is 0 Å². The minimum atomic E-state index is -1.09. The smallest absolute Gasteiger partial charge is 0.349 e. The van der Waals surface area contributed by atoms with Crippen LogP contribution >= 0.6 is 0 Å². The molecule has 0 amide bonds. The van der Waals surface area contributed by atoms with E-state index in [1.807, 2.05) is 42.5 Å². The standard InChI is InChI=1S/C21H18O4/c22-21(23)20(17-11-5-2-6-12-17)25-19-14-8-7-13-18(19)24-15-16-9-3-1-4-10-16/h1-14,20H,15H2,(H,22,23). The first kappa shape index (κ1) is 16.6. The van der Waals surface area contributed by atoms with Crippen molar-refractivity contribution in [3.63, 3.8) is 0 Å². The van der Waals surface area contributed by atoms with E-state index < -0.39 is 12.1 Å². The van der Waals surface area contributed by atoms with Gasteiger partial charge in [0, 0.05) is 5.56 Å². The van der Waals surface area contributed by atoms with Crippen molar-refractivity contribution in [3.05, 3.63) is 96.1 Å². The van der Waals surface area contributed by atoms with Gasteiger partial charge >= 0.3 is 5.97 Å². The van der Waals surface area contributed by atoms with Crippen molar-refractivity contribution >= 4 is 5.97 Å². The van der Waals surface area contributed by atoms with Gasteiger partial charge in [0.2, 0.25) is 6.10 Å². The third kappa shape index (κ3) is 4.38. The maximum absolute atomic E-state index is 11.6. The molecule has 3 aromatic carbocycles. The Morgan fingerprint density at radius 3 is 2.00 bits per heavy atom. The van der Waals surface area contributed by atoms with Crippen molar-refractivity contribution in [1.82, 2.24) is 0 Å². The Morgan fingerprint density at radius 2 is 1.36 bits per heavy atom. The largest absolute Gasteiger partial charge is 0.485 e. The molecular weight excluding hydrogens is 316 g/mol. The van der Waals surface area contributed by atoms with Crippen LogP contribution in [0.15, 0.2) is 84.9 Å². The lowest BCUT2D eigenvalue weighted by molar-refractivity contribution is -0.145. The normalized spacial score (nSPS) is 11.5. The first-order valence-corrected chi connectivity index (χ1v) is 7.94. The summed E-state index contributed by atoms with van der Waals surface area (Å²) in [6, 6.07) is 25.7. The lowest BCUT2D eigenvalue weighted by atomic mass is 10.1. The first-order valence-electron chi connectivity index (χ1n) is 7.94. The van der Waals surface area contributed by atoms with Crippen molar-refractivity contribution in [2.75, 3.05) is 0 Å². The maximum atomic E-state index is 11.6. The van der Waals surface area contributed by atoms with Gasteiger partial charge in [0.15, 0.2) is 11.5 Å². The molecule has 4 nitrogen and oxygen atoms in total. The van der Waals surface area contributed by atoms with Crippen molar-refractivity contribution in [2.24, 2.45) is 0 Å². The van der Waals surface area contributed by atoms with Crippen LogP contribution in [0.1, 0.15) is 17.2 Å². The fraction of sp³-hybridized carbons (Fsp3) is 0.0952. The molecule has 0 aliphatic heterocycles. The van der Waals surface area contributed by atoms with Gasteiger partial charge in [-0.15, -0.1) is 0 Å². The molecule has 0 saturated carbocycles. The maximum Gasteiger partial charge on any atom is 0.349 e. The molecule has 3 aromatic rings. The predicted octanol–water partition coefficient (Wildman–Crippen LogP) is 4.47. The molecule has 0 fully saturated rings. The summed E-state index contributed by atoms with van der Waals surface area (Å²) in [5.41, 5.74) is 1.60. The molecule has 0 radical (unpaired) electrons. The van der Waals surface area contributed by atoms with Crippen molar-refractivity contribution in [2.45, 2.75) is 12.7 Å². The van der Waals surface area contributed by atoms with Gasteiger partial charge in [-0.05, 0) is 17.7 Å². The number of hydrogen-bond donors (Lipinski definition) is 1. The Hall–Kier alpha value is -3.27. The van der Waals surface area contributed by atoms with Gasteiger partial charge in [0.05, 0.1) is 0 Å². The topological polar surface area (TPSA) is 55.8 Å². The van der Waals surface area contributed by atoms with Crippen LogP contribution in [0.5, 0.6) is 11.5 Å². The first-order chi connectivity index (χ1) is 12.2. The molecule has 1 unspecified atom stereocenters. The molecule has 0 heterocycles. The summed E-state index contributed by atoms with van der Waals surface area (Å²) in [6.07, 6.45) is -1.09. The van der Waals surface area contributed by atoms with Gasteiger partial charge in [0.1, 0.15) is 6.61 Å². The third-order valence-corrected chi connectivity index (χ3v) is 3.66. The number of carbonyl (C=O) groups is 1. The number of benzene rings is 3. The Bertz CT molecular complexity index is 816. The fourth-order valence-corrected chi connectivity index (χ4v) is 2.42. The lowest BCUT2D eigenvalue weighted by Crippen LogP contribution is -2.18. The van der Waals surface area contributed by atoms with E-state index in [0.717, 1.165) is 5.56 Å². The summed E-state index contributed by atoms with van der Waals surface area (Å²) >= 11 is 0. The summed E-state index contributed by atoms with van der Waals surface area (Å²) < 4.78 is 11.6. The summed E-state index contributed by atoms with van der Waals surface area (Å²) in [5.74, 6) is -0.146. The average molecular weight is 334 g/mol. The molecule has 0 aliphatic rings. The highest BCUT2D eigenvalue weighted by atomic mass is 16.5. The summed E-state index contributed by atoms with van der Waals surface area (Å²) in [4.78, 5) is 11.6. The van der Waals surface area contributed by atoms with Crippen LogP contribution in [-0.4, -0.2) is 11.1 Å². The number of para-hydroxylation sites is 2. The minimum Gasteiger partial charge on any atom is -0.485 e. The van der Waals surface area contributed by atoms with Gasteiger partial charge < -0.3 is 14.6 Å². The van der Waals surface area contributed by atoms with Gasteiger partial charge in [-0.1, -0.05) is 72.8 Å². The summed E-state index contributed by atoms with van der Waals surface area (Å²) in [7, 11) is 0. The zero-order valence-corrected chi connectivity index (χ0v) is 13.5. The highest BCUT2D eigenvalue weighted by Gasteiger charge is 2.23. The summed E-state index contributed by atoms with van der Waals surface area (Å²) in [6.45, 7) is 0.379. The number of rotatable bonds is 7. The molecule has 0 aliphatic carbocycles. The van der Waals surface area contributed by atoms with Crippen molar-refractivity contribution in [3.8, 4) is 11.5 Å². The SMILES string of the molecule is O=C(O)C(Oc1ccccc1OCc1ccccc1)c1ccccc1. The zero-order valence-electron chi connectivity index (χ0n) is 13.5. The van der Waals surface area contributed by atoms with Crippen LogP contribution in [-0.2, 0) is 11.4 Å². The van der Waals surface area contributed by atoms with E-state index in [1.54, 1.807) is 42.5 Å². The Morgan fingerprint density at radius 1 is 0.800 bits per heavy atom. The van der Waals surface area contributed by atoms with Gasteiger partial charge in [-0.3, -0.25) is 0 Å². The van der Waals surface area contributed by atoms with E-state index in [1.165, 1.54) is 0 Å². The lowest BCUT2D eigenvalue weighted by Gasteiger charge is -2.18. The predicted molar refractivity (Wildman–Crippen MR) is 94.7 cm³/mol. The van der Waals surface area contributed by atoms with Crippen LogP contribution in [0.4, 0.5) is 0 Å². The van der Waals surface area contributed by atoms with Gasteiger partial charge in [-0.2, -0.15) is 0 Å². The van der Waals surface area contributed by atoms with Crippen molar-refractivity contribution in [1.29, 1.82) is 0 Å². The van der Waals surface area contributed by atoms with E-state index in [9.17, 15) is 9.90 Å². The second kappa shape index (κ2) is 8.02. The van der Waals surface area contributed by atoms with E-state index in [0.29, 0.717) is 23.7 Å². The van der Waals surface area contributed by atoms with E-state index in [4.69, 9.17) is 9.47 Å². The third-order valence-electron chi connectivity index (χ3n) is 3.66. The van der Waals surface area contributed by atoms with E-state index >= 15 is 0 Å². The molecule has 25 heavy (non-hydrogen) atoms. The Balaban J connectivity index is 1.78. The Kier molecular flexibility index (Phi) is 5.32. The number of ether oxygens (including phenoxy) is 2. The number of aliphatic carboxylic acids is 1. The Labute approximate surface area is 146 Å². The molecule has 0 bridgehead atoms. The molecule has 126 valence electrons. The average Bonchev–Trinajstić information content (AvgIpc) is 2.66. The minimum absolute atomic E-state index is 0.379. The van der Waals surface area contributed by atoms with Crippen molar-refractivity contribution < 1.29 is 19.4 Å². The number of hydrogen-bond acceptors (Lipinski definition) is 3. The molecule has 4 heteroatoms. The molecule has 0 saturated heterocycles. The monoisotopic (exact) mass is 334 g/mol. The highest BCUT2D eigenvalue weighted by molar-refractivity contribution is 5.75. The van der Waals surface area contributed by atoms with Gasteiger partial charge in [0.25, 0.3) is 0 Å². The molecule has 3 rings (SSSR count). The molecule has 1 N–H and O–H groups in total. The van der Waals surface area contributed by atoms with Crippen LogP contribution in [0.3, 0.4) is 0 Å². The van der Waals surface area contributed by atoms with Crippen LogP contribution in [0.2, 0.25) is 0 Å². The molecule has 0 aromatic heterocycles. The molecule has 0 spiro atoms. The second-order valence-electron chi connectivity index (χ2n) is 5.47. The van der Waals surface area contributed by atoms with Crippen LogP contribution < -0.4 is 9.47 Å². The molecule has 1 atom stereocenters. The number of carboxylic acid groups (broad SMARTS) is 1. The summed E-state index contributed by atoms with van der Waals surface area (Å²) in [5, 5.41) is 9.52. The zero-order chi connectivity index (χ0) is 17.5. The molecular formula is C21H18O4. The highest BCUT2D eigenvalue weighted by Crippen LogP contribution is 2.31. The van der Waals surface area contributed by atoms with E-state index in [-0.39, 0.29) is 0 Å². The fourth-order valence-electron chi connectivity index (χ4n) is 2.42. The van der Waals surface area contributed by atoms with Crippen LogP contribution in [0, 0.1) is 0 Å². The quantitative estimate of drug-likeness (QED) is 0.692. The second-order valence-corrected chi connectivity index (χ2v) is 5.47. The number of carboxylic acids is 1. The van der Waals surface area contributed by atoms with E-state index in [2.05, 4.69) is 0 Å². The van der Waals surface area contributed by atoms with Gasteiger partial charge in [-0.25, -0.2) is 4.79 Å².